The van der Waals surface area contributed by atoms with E-state index in [1.807, 2.05) is 18.2 Å². The molecule has 6 heteroatoms. The molecule has 3 saturated heterocycles. The number of hydrogen-bond donors (Lipinski definition) is 0. The summed E-state index contributed by atoms with van der Waals surface area (Å²) in [6.45, 7) is 3.01. The number of hydrogen-bond acceptors (Lipinski definition) is 5. The topological polar surface area (TPSA) is 46.2 Å². The van der Waals surface area contributed by atoms with Crippen LogP contribution in [0.3, 0.4) is 0 Å². The molecule has 3 aliphatic heterocycles. The van der Waals surface area contributed by atoms with Gasteiger partial charge in [0.2, 0.25) is 0 Å². The van der Waals surface area contributed by atoms with Gasteiger partial charge in [-0.05, 0) is 28.6 Å². The van der Waals surface area contributed by atoms with E-state index in [2.05, 4.69) is 103 Å². The lowest BCUT2D eigenvalue weighted by molar-refractivity contribution is -0.269. The number of ether oxygens (including phenoxy) is 5. The second-order valence-electron chi connectivity index (χ2n) is 14.3. The van der Waals surface area contributed by atoms with Crippen molar-refractivity contribution in [3.05, 3.63) is 144 Å². The van der Waals surface area contributed by atoms with Gasteiger partial charge >= 0.3 is 0 Å². The Kier molecular flexibility index (Phi) is 12.3. The van der Waals surface area contributed by atoms with E-state index >= 15 is 0 Å². The molecule has 0 N–H and O–H groups in total. The van der Waals surface area contributed by atoms with Gasteiger partial charge in [0, 0.05) is 0 Å². The minimum Gasteiger partial charge on any atom is -0.374 e. The van der Waals surface area contributed by atoms with Crippen molar-refractivity contribution < 1.29 is 23.7 Å². The van der Waals surface area contributed by atoms with Crippen LogP contribution in [0.1, 0.15) is 60.8 Å². The summed E-state index contributed by atoms with van der Waals surface area (Å²) in [4.78, 5) is 0. The van der Waals surface area contributed by atoms with Crippen molar-refractivity contribution >= 4 is 6.71 Å². The maximum atomic E-state index is 7.22. The summed E-state index contributed by atoms with van der Waals surface area (Å²) in [6.07, 6.45) is 7.59. The average molecular weight is 659 g/mol. The van der Waals surface area contributed by atoms with Crippen molar-refractivity contribution in [3.63, 3.8) is 0 Å². The molecule has 5 nitrogen and oxygen atoms in total. The Bertz CT molecular complexity index is 1480. The van der Waals surface area contributed by atoms with E-state index < -0.39 is 0 Å². The van der Waals surface area contributed by atoms with Crippen LogP contribution in [0, 0.1) is 0 Å². The van der Waals surface area contributed by atoms with Crippen LogP contribution in [0.4, 0.5) is 0 Å². The molecule has 2 bridgehead atoms. The van der Waals surface area contributed by atoms with E-state index in [1.165, 1.54) is 38.5 Å². The van der Waals surface area contributed by atoms with Crippen molar-refractivity contribution in [2.75, 3.05) is 6.61 Å². The molecule has 0 saturated carbocycles. The van der Waals surface area contributed by atoms with Crippen molar-refractivity contribution in [3.8, 4) is 0 Å². The van der Waals surface area contributed by atoms with Crippen molar-refractivity contribution in [1.82, 2.24) is 0 Å². The van der Waals surface area contributed by atoms with Gasteiger partial charge < -0.3 is 23.7 Å². The first kappa shape index (κ1) is 34.2. The maximum absolute atomic E-state index is 7.22. The summed E-state index contributed by atoms with van der Waals surface area (Å²) in [5.74, 6) is 1.55. The van der Waals surface area contributed by atoms with Crippen LogP contribution >= 0.6 is 0 Å². The SMILES string of the molecule is c1ccc(COCC2O[C@@H](CB3C4CCCC3CCC4)[C@@H](OCc3ccccc3)C(OCc3ccccc3)[C@@H]2OCc2ccccc2)cc1. The highest BCUT2D eigenvalue weighted by Crippen LogP contribution is 2.49. The van der Waals surface area contributed by atoms with Gasteiger partial charge in [0.25, 0.3) is 0 Å². The molecule has 5 atom stereocenters. The average Bonchev–Trinajstić information content (AvgIpc) is 3.14. The lowest BCUT2D eigenvalue weighted by Gasteiger charge is -2.49. The molecule has 49 heavy (non-hydrogen) atoms. The monoisotopic (exact) mass is 658 g/mol. The van der Waals surface area contributed by atoms with Crippen LogP contribution in [0.15, 0.2) is 121 Å². The molecule has 0 amide bonds. The lowest BCUT2D eigenvalue weighted by atomic mass is 9.25. The van der Waals surface area contributed by atoms with Crippen LogP contribution in [0.2, 0.25) is 18.0 Å². The van der Waals surface area contributed by atoms with Crippen LogP contribution in [-0.4, -0.2) is 43.8 Å². The Morgan fingerprint density at radius 3 is 1.31 bits per heavy atom. The number of benzene rings is 4. The fourth-order valence-electron chi connectivity index (χ4n) is 8.54. The van der Waals surface area contributed by atoms with Gasteiger partial charge in [0.05, 0.1) is 39.1 Å². The fraction of sp³-hybridized carbons (Fsp3) is 0.442. The highest BCUT2D eigenvalue weighted by atomic mass is 16.6. The molecule has 0 radical (unpaired) electrons. The Morgan fingerprint density at radius 1 is 0.469 bits per heavy atom. The minimum atomic E-state index is -0.387. The largest absolute Gasteiger partial charge is 0.374 e. The maximum Gasteiger partial charge on any atom is 0.149 e. The molecule has 3 heterocycles. The van der Waals surface area contributed by atoms with Gasteiger partial charge in [-0.15, -0.1) is 0 Å². The summed E-state index contributed by atoms with van der Waals surface area (Å²) < 4.78 is 34.5. The van der Waals surface area contributed by atoms with Gasteiger partial charge in [-0.25, -0.2) is 0 Å². The molecule has 0 aliphatic carbocycles. The van der Waals surface area contributed by atoms with E-state index in [0.29, 0.717) is 39.7 Å². The third-order valence-electron chi connectivity index (χ3n) is 11.0. The molecule has 256 valence electrons. The second-order valence-corrected chi connectivity index (χ2v) is 14.3. The van der Waals surface area contributed by atoms with Crippen LogP contribution in [0.25, 0.3) is 0 Å². The minimum absolute atomic E-state index is 0.127. The Labute approximate surface area is 293 Å². The van der Waals surface area contributed by atoms with E-state index in [9.17, 15) is 0 Å². The molecule has 0 aromatic heterocycles. The fourth-order valence-corrected chi connectivity index (χ4v) is 8.54. The number of fused-ring (bicyclic) bond motifs is 2. The van der Waals surface area contributed by atoms with Crippen LogP contribution in [-0.2, 0) is 50.1 Å². The van der Waals surface area contributed by atoms with Crippen molar-refractivity contribution in [1.29, 1.82) is 0 Å². The summed E-state index contributed by atoms with van der Waals surface area (Å²) in [5, 5.41) is 0. The Balaban J connectivity index is 1.20. The van der Waals surface area contributed by atoms with E-state index in [0.717, 1.165) is 40.2 Å². The molecule has 0 spiro atoms. The summed E-state index contributed by atoms with van der Waals surface area (Å²) >= 11 is 0. The van der Waals surface area contributed by atoms with Crippen molar-refractivity contribution in [2.45, 2.75) is 113 Å². The summed E-state index contributed by atoms with van der Waals surface area (Å²) in [6, 6.07) is 41.6. The van der Waals surface area contributed by atoms with Crippen LogP contribution in [0.5, 0.6) is 0 Å². The Hall–Kier alpha value is -3.26. The predicted octanol–water partition coefficient (Wildman–Crippen LogP) is 9.33. The van der Waals surface area contributed by atoms with E-state index in [4.69, 9.17) is 23.7 Å². The first-order valence-corrected chi connectivity index (χ1v) is 18.5. The molecule has 4 aromatic carbocycles. The van der Waals surface area contributed by atoms with Gasteiger partial charge in [-0.3, -0.25) is 0 Å². The van der Waals surface area contributed by atoms with Gasteiger partial charge in [0.15, 0.2) is 0 Å². The zero-order valence-electron chi connectivity index (χ0n) is 28.7. The predicted molar refractivity (Wildman–Crippen MR) is 196 cm³/mol. The van der Waals surface area contributed by atoms with Gasteiger partial charge in [-0.2, -0.15) is 0 Å². The first-order chi connectivity index (χ1) is 24.3. The van der Waals surface area contributed by atoms with E-state index in [-0.39, 0.29) is 30.5 Å². The summed E-state index contributed by atoms with van der Waals surface area (Å²) in [5.41, 5.74) is 4.54. The molecule has 2 unspecified atom stereocenters. The molecular formula is C43H51BO5. The van der Waals surface area contributed by atoms with Gasteiger partial charge in [-0.1, -0.05) is 171 Å². The zero-order valence-corrected chi connectivity index (χ0v) is 28.7. The standard InChI is InChI=1S/C43H51BO5/c1-5-15-33(16-6-1)28-45-32-40-42(47-30-35-19-9-3-10-20-35)43(48-31-36-21-11-4-12-22-36)41(46-29-34-17-7-2-8-18-34)39(49-40)27-44-37-23-13-24-38(44)26-14-25-37/h1-12,15-22,37-43H,13-14,23-32H2/t37?,38?,39-,40?,41+,42+,43?/m0/s1. The molecule has 3 fully saturated rings. The smallest absolute Gasteiger partial charge is 0.149 e. The normalized spacial score (nSPS) is 26.8. The Morgan fingerprint density at radius 2 is 0.857 bits per heavy atom. The van der Waals surface area contributed by atoms with Crippen LogP contribution < -0.4 is 0 Å². The summed E-state index contributed by atoms with van der Waals surface area (Å²) in [7, 11) is 0. The first-order valence-electron chi connectivity index (χ1n) is 18.5. The highest BCUT2D eigenvalue weighted by molar-refractivity contribution is 6.62. The molecule has 4 aromatic rings. The van der Waals surface area contributed by atoms with Gasteiger partial charge in [0.1, 0.15) is 31.1 Å². The second kappa shape index (κ2) is 17.6. The molecule has 7 rings (SSSR count). The van der Waals surface area contributed by atoms with Crippen molar-refractivity contribution in [2.24, 2.45) is 0 Å². The number of rotatable bonds is 15. The molecular weight excluding hydrogens is 607 g/mol. The third kappa shape index (κ3) is 9.30. The zero-order chi connectivity index (χ0) is 33.1. The van der Waals surface area contributed by atoms with E-state index in [1.54, 1.807) is 0 Å². The lowest BCUT2D eigenvalue weighted by Crippen LogP contribution is -2.62. The third-order valence-corrected chi connectivity index (χ3v) is 11.0. The molecule has 3 aliphatic rings. The highest BCUT2D eigenvalue weighted by Gasteiger charge is 2.51. The quantitative estimate of drug-likeness (QED) is 0.119.